The third kappa shape index (κ3) is 4.76. The van der Waals surface area contributed by atoms with Gasteiger partial charge in [-0.05, 0) is 38.4 Å². The summed E-state index contributed by atoms with van der Waals surface area (Å²) in [5.41, 5.74) is 0.0204. The molecule has 24 heavy (non-hydrogen) atoms. The lowest BCUT2D eigenvalue weighted by Crippen LogP contribution is -2.34. The molecule has 0 fully saturated rings. The molecule has 1 amide bonds. The Bertz CT molecular complexity index is 683. The average Bonchev–Trinajstić information content (AvgIpc) is 3.07. The van der Waals surface area contributed by atoms with E-state index in [9.17, 15) is 14.0 Å². The Morgan fingerprint density at radius 3 is 2.54 bits per heavy atom. The van der Waals surface area contributed by atoms with E-state index in [1.807, 2.05) is 25.1 Å². The van der Waals surface area contributed by atoms with Gasteiger partial charge < -0.3 is 9.73 Å². The molecule has 6 heteroatoms. The fraction of sp³-hybridized carbons (Fsp3) is 0.333. The summed E-state index contributed by atoms with van der Waals surface area (Å²) < 4.78 is 18.9. The van der Waals surface area contributed by atoms with Gasteiger partial charge in [0, 0.05) is 19.4 Å². The van der Waals surface area contributed by atoms with Crippen molar-refractivity contribution >= 4 is 11.7 Å². The zero-order valence-electron chi connectivity index (χ0n) is 13.8. The topological polar surface area (TPSA) is 62.6 Å². The number of nitrogens with zero attached hydrogens (tertiary/aromatic N) is 1. The van der Waals surface area contributed by atoms with Crippen LogP contribution >= 0.6 is 0 Å². The van der Waals surface area contributed by atoms with Crippen molar-refractivity contribution in [1.29, 1.82) is 0 Å². The number of Topliss-reactive ketones (excluding diaryl/α,β-unsaturated/α-hetero) is 1. The first-order chi connectivity index (χ1) is 11.5. The number of rotatable bonds is 8. The van der Waals surface area contributed by atoms with Crippen molar-refractivity contribution in [2.45, 2.75) is 18.9 Å². The minimum Gasteiger partial charge on any atom is -0.468 e. The molecular formula is C18H21FN2O3. The number of nitrogens with one attached hydrogen (secondary N) is 1. The largest absolute Gasteiger partial charge is 0.468 e. The van der Waals surface area contributed by atoms with Crippen LogP contribution in [0.4, 0.5) is 4.39 Å². The van der Waals surface area contributed by atoms with Crippen molar-refractivity contribution in [3.05, 3.63) is 59.8 Å². The number of halogens is 1. The Kier molecular flexibility index (Phi) is 6.26. The van der Waals surface area contributed by atoms with Crippen LogP contribution in [0.3, 0.4) is 0 Å². The summed E-state index contributed by atoms with van der Waals surface area (Å²) in [6.07, 6.45) is 1.58. The second-order valence-electron chi connectivity index (χ2n) is 5.70. The first-order valence-corrected chi connectivity index (χ1v) is 7.73. The molecule has 1 heterocycles. The fourth-order valence-corrected chi connectivity index (χ4v) is 2.37. The van der Waals surface area contributed by atoms with Crippen LogP contribution in [0.5, 0.6) is 0 Å². The minimum atomic E-state index is -0.562. The fourth-order valence-electron chi connectivity index (χ4n) is 2.37. The Morgan fingerprint density at radius 2 is 1.92 bits per heavy atom. The molecule has 1 unspecified atom stereocenters. The second kappa shape index (κ2) is 8.40. The van der Waals surface area contributed by atoms with Gasteiger partial charge in [0.25, 0.3) is 0 Å². The molecule has 0 saturated heterocycles. The number of likely N-dealkylation sites (N-methyl/N-ethyl adjacent to an activating group) is 1. The molecule has 1 aromatic heterocycles. The first kappa shape index (κ1) is 17.9. The van der Waals surface area contributed by atoms with E-state index in [-0.39, 0.29) is 36.1 Å². The van der Waals surface area contributed by atoms with Crippen LogP contribution in [0.1, 0.15) is 35.0 Å². The maximum Gasteiger partial charge on any atom is 0.220 e. The third-order valence-corrected chi connectivity index (χ3v) is 3.74. The summed E-state index contributed by atoms with van der Waals surface area (Å²) in [5.74, 6) is -0.437. The van der Waals surface area contributed by atoms with E-state index >= 15 is 0 Å². The van der Waals surface area contributed by atoms with Crippen molar-refractivity contribution in [3.63, 3.8) is 0 Å². The molecule has 1 aromatic carbocycles. The lowest BCUT2D eigenvalue weighted by atomic mass is 10.1. The van der Waals surface area contributed by atoms with Gasteiger partial charge in [-0.2, -0.15) is 0 Å². The number of hydrogen-bond acceptors (Lipinski definition) is 4. The van der Waals surface area contributed by atoms with E-state index in [0.29, 0.717) is 6.54 Å². The van der Waals surface area contributed by atoms with Gasteiger partial charge in [0.2, 0.25) is 5.91 Å². The van der Waals surface area contributed by atoms with Gasteiger partial charge in [0.05, 0.1) is 17.9 Å². The summed E-state index contributed by atoms with van der Waals surface area (Å²) in [5, 5.41) is 2.79. The zero-order chi connectivity index (χ0) is 17.5. The average molecular weight is 332 g/mol. The SMILES string of the molecule is CN(C)C(CNC(=O)CCC(=O)c1ccccc1F)c1ccco1. The quantitative estimate of drug-likeness (QED) is 0.755. The molecular weight excluding hydrogens is 311 g/mol. The van der Waals surface area contributed by atoms with Crippen LogP contribution in [-0.2, 0) is 4.79 Å². The van der Waals surface area contributed by atoms with Crippen LogP contribution in [0.15, 0.2) is 47.1 Å². The van der Waals surface area contributed by atoms with Gasteiger partial charge in [0.1, 0.15) is 11.6 Å². The molecule has 2 aromatic rings. The normalized spacial score (nSPS) is 12.2. The number of carbonyl (C=O) groups excluding carboxylic acids is 2. The standard InChI is InChI=1S/C18H21FN2O3/c1-21(2)15(17-8-5-11-24-17)12-20-18(23)10-9-16(22)13-6-3-4-7-14(13)19/h3-8,11,15H,9-10,12H2,1-2H3,(H,20,23). The summed E-state index contributed by atoms with van der Waals surface area (Å²) in [4.78, 5) is 25.8. The Hall–Kier alpha value is -2.47. The molecule has 128 valence electrons. The third-order valence-electron chi connectivity index (χ3n) is 3.74. The Morgan fingerprint density at radius 1 is 1.17 bits per heavy atom. The highest BCUT2D eigenvalue weighted by Crippen LogP contribution is 2.17. The molecule has 0 aliphatic carbocycles. The van der Waals surface area contributed by atoms with Crippen molar-refractivity contribution in [2.24, 2.45) is 0 Å². The Labute approximate surface area is 140 Å². The Balaban J connectivity index is 1.83. The van der Waals surface area contributed by atoms with Crippen molar-refractivity contribution in [1.82, 2.24) is 10.2 Å². The first-order valence-electron chi connectivity index (χ1n) is 7.73. The molecule has 0 aliphatic rings. The summed E-state index contributed by atoms with van der Waals surface area (Å²) >= 11 is 0. The predicted molar refractivity (Wildman–Crippen MR) is 88.1 cm³/mol. The molecule has 0 radical (unpaired) electrons. The smallest absolute Gasteiger partial charge is 0.220 e. The minimum absolute atomic E-state index is 0.0193. The van der Waals surface area contributed by atoms with Crippen LogP contribution in [0.2, 0.25) is 0 Å². The summed E-state index contributed by atoms with van der Waals surface area (Å²) in [7, 11) is 3.78. The van der Waals surface area contributed by atoms with Crippen molar-refractivity contribution < 1.29 is 18.4 Å². The van der Waals surface area contributed by atoms with Gasteiger partial charge in [-0.3, -0.25) is 14.5 Å². The highest BCUT2D eigenvalue weighted by Gasteiger charge is 2.18. The number of furan rings is 1. The van der Waals surface area contributed by atoms with Gasteiger partial charge in [-0.25, -0.2) is 4.39 Å². The van der Waals surface area contributed by atoms with E-state index in [0.717, 1.165) is 5.76 Å². The number of ketones is 1. The van der Waals surface area contributed by atoms with Gasteiger partial charge in [-0.15, -0.1) is 0 Å². The molecule has 1 atom stereocenters. The number of amides is 1. The summed E-state index contributed by atoms with van der Waals surface area (Å²) in [6.45, 7) is 0.368. The van der Waals surface area contributed by atoms with Crippen molar-refractivity contribution in [2.75, 3.05) is 20.6 Å². The molecule has 0 spiro atoms. The number of carbonyl (C=O) groups is 2. The van der Waals surface area contributed by atoms with Crippen LogP contribution in [0.25, 0.3) is 0 Å². The molecule has 2 rings (SSSR count). The predicted octanol–water partition coefficient (Wildman–Crippen LogP) is 2.80. The zero-order valence-corrected chi connectivity index (χ0v) is 13.8. The van der Waals surface area contributed by atoms with Gasteiger partial charge >= 0.3 is 0 Å². The monoisotopic (exact) mass is 332 g/mol. The van der Waals surface area contributed by atoms with E-state index < -0.39 is 5.82 Å². The maximum absolute atomic E-state index is 13.5. The molecule has 1 N–H and O–H groups in total. The van der Waals surface area contributed by atoms with E-state index in [1.54, 1.807) is 18.4 Å². The number of benzene rings is 1. The highest BCUT2D eigenvalue weighted by atomic mass is 19.1. The van der Waals surface area contributed by atoms with E-state index in [2.05, 4.69) is 5.32 Å². The second-order valence-corrected chi connectivity index (χ2v) is 5.70. The van der Waals surface area contributed by atoms with Gasteiger partial charge in [-0.1, -0.05) is 12.1 Å². The highest BCUT2D eigenvalue weighted by molar-refractivity contribution is 5.98. The van der Waals surface area contributed by atoms with E-state index in [1.165, 1.54) is 18.2 Å². The molecule has 5 nitrogen and oxygen atoms in total. The lowest BCUT2D eigenvalue weighted by molar-refractivity contribution is -0.121. The lowest BCUT2D eigenvalue weighted by Gasteiger charge is -2.22. The van der Waals surface area contributed by atoms with Crippen LogP contribution in [0, 0.1) is 5.82 Å². The molecule has 0 aliphatic heterocycles. The molecule has 0 bridgehead atoms. The molecule has 0 saturated carbocycles. The van der Waals surface area contributed by atoms with Crippen molar-refractivity contribution in [3.8, 4) is 0 Å². The van der Waals surface area contributed by atoms with E-state index in [4.69, 9.17) is 4.42 Å². The van der Waals surface area contributed by atoms with Gasteiger partial charge in [0.15, 0.2) is 5.78 Å². The summed E-state index contributed by atoms with van der Waals surface area (Å²) in [6, 6.07) is 9.33. The number of hydrogen-bond donors (Lipinski definition) is 1. The maximum atomic E-state index is 13.5. The van der Waals surface area contributed by atoms with Crippen LogP contribution < -0.4 is 5.32 Å². The van der Waals surface area contributed by atoms with Crippen LogP contribution in [-0.4, -0.2) is 37.2 Å².